The maximum atomic E-state index is 12.2. The highest BCUT2D eigenvalue weighted by Gasteiger charge is 2.13. The number of aromatic nitrogens is 5. The third kappa shape index (κ3) is 2.80. The van der Waals surface area contributed by atoms with E-state index >= 15 is 0 Å². The van der Waals surface area contributed by atoms with Crippen molar-refractivity contribution in [2.45, 2.75) is 25.9 Å². The molecule has 0 atom stereocenters. The summed E-state index contributed by atoms with van der Waals surface area (Å²) in [5.74, 6) is -0.0507. The molecule has 23 heavy (non-hydrogen) atoms. The van der Waals surface area contributed by atoms with E-state index in [9.17, 15) is 4.79 Å². The Morgan fingerprint density at radius 3 is 3.30 bits per heavy atom. The van der Waals surface area contributed by atoms with Crippen LogP contribution in [0.3, 0.4) is 0 Å². The van der Waals surface area contributed by atoms with Crippen molar-refractivity contribution in [3.05, 3.63) is 42.1 Å². The van der Waals surface area contributed by atoms with Crippen molar-refractivity contribution >= 4 is 17.2 Å². The molecule has 8 heteroatoms. The van der Waals surface area contributed by atoms with Gasteiger partial charge in [-0.2, -0.15) is 5.10 Å². The number of amides is 1. The molecule has 3 aromatic heterocycles. The van der Waals surface area contributed by atoms with Crippen molar-refractivity contribution in [3.8, 4) is 0 Å². The lowest BCUT2D eigenvalue weighted by molar-refractivity contribution is -0.116. The van der Waals surface area contributed by atoms with E-state index in [0.717, 1.165) is 25.3 Å². The van der Waals surface area contributed by atoms with Crippen LogP contribution in [0, 0.1) is 0 Å². The van der Waals surface area contributed by atoms with Crippen LogP contribution in [-0.2, 0) is 24.3 Å². The van der Waals surface area contributed by atoms with Crippen LogP contribution in [0.2, 0.25) is 0 Å². The third-order valence-corrected chi connectivity index (χ3v) is 3.93. The zero-order valence-corrected chi connectivity index (χ0v) is 12.6. The van der Waals surface area contributed by atoms with Crippen molar-refractivity contribution in [1.29, 1.82) is 0 Å². The Morgan fingerprint density at radius 1 is 1.43 bits per heavy atom. The number of hydrogen-bond acceptors (Lipinski definition) is 5. The normalized spacial score (nSPS) is 13.9. The summed E-state index contributed by atoms with van der Waals surface area (Å²) in [5.41, 5.74) is 3.45. The molecule has 1 amide bonds. The molecule has 2 N–H and O–H groups in total. The van der Waals surface area contributed by atoms with Gasteiger partial charge < -0.3 is 10.6 Å². The molecule has 0 unspecified atom stereocenters. The number of carbonyl (C=O) groups is 1. The Kier molecular flexibility index (Phi) is 3.51. The van der Waals surface area contributed by atoms with E-state index in [1.165, 1.54) is 5.69 Å². The maximum Gasteiger partial charge on any atom is 0.224 e. The van der Waals surface area contributed by atoms with Crippen LogP contribution in [0.15, 0.2) is 30.7 Å². The van der Waals surface area contributed by atoms with Gasteiger partial charge in [0.1, 0.15) is 6.33 Å². The van der Waals surface area contributed by atoms with Gasteiger partial charge in [0.05, 0.1) is 23.6 Å². The van der Waals surface area contributed by atoms with Crippen LogP contribution in [-0.4, -0.2) is 36.8 Å². The SMILES string of the molecule is O=C(CCc1cc2n(n1)CCNC2)Nc1cccn2cnnc12. The molecule has 0 aromatic carbocycles. The highest BCUT2D eigenvalue weighted by molar-refractivity contribution is 5.94. The fraction of sp³-hybridized carbons (Fsp3) is 0.333. The molecule has 0 saturated heterocycles. The van der Waals surface area contributed by atoms with Gasteiger partial charge in [0.2, 0.25) is 5.91 Å². The second-order valence-electron chi connectivity index (χ2n) is 5.56. The second-order valence-corrected chi connectivity index (χ2v) is 5.56. The smallest absolute Gasteiger partial charge is 0.224 e. The Hall–Kier alpha value is -2.74. The van der Waals surface area contributed by atoms with Crippen molar-refractivity contribution in [2.75, 3.05) is 11.9 Å². The summed E-state index contributed by atoms with van der Waals surface area (Å²) < 4.78 is 3.78. The summed E-state index contributed by atoms with van der Waals surface area (Å²) in [4.78, 5) is 12.2. The van der Waals surface area contributed by atoms with Crippen LogP contribution in [0.5, 0.6) is 0 Å². The minimum Gasteiger partial charge on any atom is -0.323 e. The summed E-state index contributed by atoms with van der Waals surface area (Å²) >= 11 is 0. The molecular weight excluding hydrogens is 294 g/mol. The summed E-state index contributed by atoms with van der Waals surface area (Å²) in [6.07, 6.45) is 4.46. The van der Waals surface area contributed by atoms with Crippen molar-refractivity contribution in [3.63, 3.8) is 0 Å². The van der Waals surface area contributed by atoms with E-state index in [2.05, 4.69) is 32.0 Å². The van der Waals surface area contributed by atoms with Crippen LogP contribution in [0.1, 0.15) is 17.8 Å². The van der Waals surface area contributed by atoms with Gasteiger partial charge in [-0.1, -0.05) is 0 Å². The third-order valence-electron chi connectivity index (χ3n) is 3.93. The van der Waals surface area contributed by atoms with Gasteiger partial charge in [-0.05, 0) is 18.2 Å². The van der Waals surface area contributed by atoms with Crippen LogP contribution < -0.4 is 10.6 Å². The van der Waals surface area contributed by atoms with Gasteiger partial charge in [-0.3, -0.25) is 13.9 Å². The first-order valence-corrected chi connectivity index (χ1v) is 7.64. The lowest BCUT2D eigenvalue weighted by Gasteiger charge is -2.13. The second kappa shape index (κ2) is 5.81. The highest BCUT2D eigenvalue weighted by Crippen LogP contribution is 2.14. The van der Waals surface area contributed by atoms with Crippen LogP contribution in [0.4, 0.5) is 5.69 Å². The number of nitrogens with zero attached hydrogens (tertiary/aromatic N) is 5. The van der Waals surface area contributed by atoms with E-state index in [1.807, 2.05) is 23.0 Å². The first-order chi connectivity index (χ1) is 11.3. The van der Waals surface area contributed by atoms with Gasteiger partial charge in [0, 0.05) is 32.1 Å². The Balaban J connectivity index is 1.40. The Bertz CT molecular complexity index is 827. The zero-order chi connectivity index (χ0) is 15.6. The van der Waals surface area contributed by atoms with E-state index in [4.69, 9.17) is 0 Å². The number of nitrogens with one attached hydrogen (secondary N) is 2. The van der Waals surface area contributed by atoms with Gasteiger partial charge in [0.25, 0.3) is 0 Å². The average molecular weight is 311 g/mol. The molecule has 118 valence electrons. The minimum absolute atomic E-state index is 0.0507. The first kappa shape index (κ1) is 13.9. The summed E-state index contributed by atoms with van der Waals surface area (Å²) in [5, 5.41) is 18.6. The van der Waals surface area contributed by atoms with E-state index in [1.54, 1.807) is 10.7 Å². The molecular formula is C15H17N7O. The number of rotatable bonds is 4. The molecule has 4 heterocycles. The van der Waals surface area contributed by atoms with Crippen molar-refractivity contribution in [1.82, 2.24) is 29.7 Å². The first-order valence-electron chi connectivity index (χ1n) is 7.64. The van der Waals surface area contributed by atoms with Gasteiger partial charge >= 0.3 is 0 Å². The molecule has 1 aliphatic rings. The quantitative estimate of drug-likeness (QED) is 0.736. The molecule has 0 saturated carbocycles. The molecule has 3 aromatic rings. The van der Waals surface area contributed by atoms with E-state index < -0.39 is 0 Å². The summed E-state index contributed by atoms with van der Waals surface area (Å²) in [7, 11) is 0. The summed E-state index contributed by atoms with van der Waals surface area (Å²) in [6, 6.07) is 5.74. The fourth-order valence-electron chi connectivity index (χ4n) is 2.78. The van der Waals surface area contributed by atoms with E-state index in [-0.39, 0.29) is 5.91 Å². The number of pyridine rings is 1. The Labute approximate surface area is 132 Å². The molecule has 0 aliphatic carbocycles. The fourth-order valence-corrected chi connectivity index (χ4v) is 2.78. The molecule has 0 radical (unpaired) electrons. The largest absolute Gasteiger partial charge is 0.323 e. The number of fused-ring (bicyclic) bond motifs is 2. The Morgan fingerprint density at radius 2 is 2.39 bits per heavy atom. The molecule has 0 fully saturated rings. The molecule has 4 rings (SSSR count). The minimum atomic E-state index is -0.0507. The van der Waals surface area contributed by atoms with Gasteiger partial charge in [-0.15, -0.1) is 10.2 Å². The van der Waals surface area contributed by atoms with Crippen molar-refractivity contribution in [2.24, 2.45) is 0 Å². The monoisotopic (exact) mass is 311 g/mol. The predicted molar refractivity (Wildman–Crippen MR) is 83.9 cm³/mol. The number of carbonyl (C=O) groups excluding carboxylic acids is 1. The number of hydrogen-bond donors (Lipinski definition) is 2. The van der Waals surface area contributed by atoms with Crippen LogP contribution in [0.25, 0.3) is 5.65 Å². The van der Waals surface area contributed by atoms with Crippen LogP contribution >= 0.6 is 0 Å². The molecule has 0 spiro atoms. The average Bonchev–Trinajstić information content (AvgIpc) is 3.19. The highest BCUT2D eigenvalue weighted by atomic mass is 16.1. The lowest BCUT2D eigenvalue weighted by Crippen LogP contribution is -2.28. The maximum absolute atomic E-state index is 12.2. The molecule has 0 bridgehead atoms. The number of aryl methyl sites for hydroxylation is 1. The number of anilines is 1. The van der Waals surface area contributed by atoms with Crippen molar-refractivity contribution < 1.29 is 4.79 Å². The van der Waals surface area contributed by atoms with Gasteiger partial charge in [0.15, 0.2) is 5.65 Å². The molecule has 1 aliphatic heterocycles. The van der Waals surface area contributed by atoms with Gasteiger partial charge in [-0.25, -0.2) is 0 Å². The zero-order valence-electron chi connectivity index (χ0n) is 12.6. The summed E-state index contributed by atoms with van der Waals surface area (Å²) in [6.45, 7) is 2.67. The predicted octanol–water partition coefficient (Wildman–Crippen LogP) is 0.600. The molecule has 8 nitrogen and oxygen atoms in total. The topological polar surface area (TPSA) is 89.1 Å². The van der Waals surface area contributed by atoms with E-state index in [0.29, 0.717) is 24.2 Å². The lowest BCUT2D eigenvalue weighted by atomic mass is 10.2. The standard InChI is InChI=1S/C15H17N7O/c23-14(18-13-2-1-6-21-10-17-19-15(13)21)4-3-11-8-12-9-16-5-7-22(12)20-11/h1-2,6,8,10,16H,3-5,7,9H2,(H,18,23).